The van der Waals surface area contributed by atoms with Gasteiger partial charge >= 0.3 is 0 Å². The number of hydrogen-bond donors (Lipinski definition) is 2. The molecule has 2 saturated heterocycles. The van der Waals surface area contributed by atoms with Crippen LogP contribution in [0.3, 0.4) is 0 Å². The molecule has 5 heteroatoms. The highest BCUT2D eigenvalue weighted by atomic mass is 16.7. The van der Waals surface area contributed by atoms with E-state index in [0.717, 1.165) is 6.42 Å². The Morgan fingerprint density at radius 2 is 1.95 bits per heavy atom. The summed E-state index contributed by atoms with van der Waals surface area (Å²) in [4.78, 5) is 0. The molecular formula is C14H26O5. The van der Waals surface area contributed by atoms with Crippen molar-refractivity contribution in [3.8, 4) is 0 Å². The molecule has 7 atom stereocenters. The van der Waals surface area contributed by atoms with Crippen LogP contribution in [0.4, 0.5) is 0 Å². The molecule has 0 aromatic heterocycles. The Balaban J connectivity index is 1.96. The third-order valence-electron chi connectivity index (χ3n) is 4.26. The van der Waals surface area contributed by atoms with Crippen LogP contribution in [0.2, 0.25) is 0 Å². The Labute approximate surface area is 114 Å². The first-order chi connectivity index (χ1) is 9.02. The van der Waals surface area contributed by atoms with Gasteiger partial charge in [-0.2, -0.15) is 0 Å². The number of aliphatic hydroxyl groups excluding tert-OH is 2. The zero-order valence-electron chi connectivity index (χ0n) is 12.0. The van der Waals surface area contributed by atoms with Crippen molar-refractivity contribution in [3.05, 3.63) is 0 Å². The standard InChI is InChI=1S/C14H26O5/c1-4-10-5-11(15)9(3)14(18-10)19-12-7-17-6-8(2)13(12)16/h8-16H,4-7H2,1-3H3. The van der Waals surface area contributed by atoms with Crippen LogP contribution in [0.15, 0.2) is 0 Å². The molecule has 2 aliphatic rings. The summed E-state index contributed by atoms with van der Waals surface area (Å²) in [5.74, 6) is -0.0308. The zero-order valence-corrected chi connectivity index (χ0v) is 12.0. The second-order valence-corrected chi connectivity index (χ2v) is 5.88. The summed E-state index contributed by atoms with van der Waals surface area (Å²) in [5, 5.41) is 20.2. The van der Waals surface area contributed by atoms with Crippen molar-refractivity contribution < 1.29 is 24.4 Å². The smallest absolute Gasteiger partial charge is 0.163 e. The number of rotatable bonds is 3. The van der Waals surface area contributed by atoms with Crippen LogP contribution in [0.5, 0.6) is 0 Å². The monoisotopic (exact) mass is 274 g/mol. The van der Waals surface area contributed by atoms with Crippen molar-refractivity contribution >= 4 is 0 Å². The summed E-state index contributed by atoms with van der Waals surface area (Å²) in [6.07, 6.45) is -0.274. The Morgan fingerprint density at radius 1 is 1.21 bits per heavy atom. The summed E-state index contributed by atoms with van der Waals surface area (Å²) in [7, 11) is 0. The summed E-state index contributed by atoms with van der Waals surface area (Å²) in [6.45, 7) is 6.83. The van der Waals surface area contributed by atoms with Gasteiger partial charge in [-0.05, 0) is 6.42 Å². The molecule has 0 bridgehead atoms. The minimum atomic E-state index is -0.538. The zero-order chi connectivity index (χ0) is 14.0. The predicted octanol–water partition coefficient (Wildman–Crippen LogP) is 0.921. The lowest BCUT2D eigenvalue weighted by molar-refractivity contribution is -0.285. The normalized spacial score (nSPS) is 48.2. The van der Waals surface area contributed by atoms with E-state index >= 15 is 0 Å². The van der Waals surface area contributed by atoms with Crippen LogP contribution in [0, 0.1) is 11.8 Å². The van der Waals surface area contributed by atoms with Gasteiger partial charge in [0.15, 0.2) is 6.29 Å². The molecule has 0 amide bonds. The van der Waals surface area contributed by atoms with Crippen LogP contribution in [0.1, 0.15) is 33.6 Å². The minimum absolute atomic E-state index is 0.0234. The molecule has 0 aromatic rings. The van der Waals surface area contributed by atoms with Gasteiger partial charge in [-0.1, -0.05) is 20.8 Å². The molecule has 0 radical (unpaired) electrons. The molecular weight excluding hydrogens is 248 g/mol. The highest BCUT2D eigenvalue weighted by Crippen LogP contribution is 2.30. The maximum atomic E-state index is 10.1. The van der Waals surface area contributed by atoms with E-state index in [2.05, 4.69) is 0 Å². The average Bonchev–Trinajstić information content (AvgIpc) is 2.39. The van der Waals surface area contributed by atoms with E-state index in [1.807, 2.05) is 20.8 Å². The highest BCUT2D eigenvalue weighted by Gasteiger charge is 2.39. The topological polar surface area (TPSA) is 68.2 Å². The maximum Gasteiger partial charge on any atom is 0.163 e. The van der Waals surface area contributed by atoms with Crippen LogP contribution < -0.4 is 0 Å². The Hall–Kier alpha value is -0.200. The third kappa shape index (κ3) is 3.47. The molecule has 112 valence electrons. The first-order valence-corrected chi connectivity index (χ1v) is 7.27. The first kappa shape index (κ1) is 15.2. The molecule has 2 fully saturated rings. The van der Waals surface area contributed by atoms with Crippen molar-refractivity contribution in [2.45, 2.75) is 64.3 Å². The van der Waals surface area contributed by atoms with Crippen LogP contribution in [-0.2, 0) is 14.2 Å². The van der Waals surface area contributed by atoms with Gasteiger partial charge in [-0.25, -0.2) is 0 Å². The lowest BCUT2D eigenvalue weighted by atomic mass is 9.93. The number of ether oxygens (including phenoxy) is 3. The van der Waals surface area contributed by atoms with E-state index in [1.54, 1.807) is 0 Å². The van der Waals surface area contributed by atoms with E-state index in [4.69, 9.17) is 14.2 Å². The Morgan fingerprint density at radius 3 is 2.63 bits per heavy atom. The van der Waals surface area contributed by atoms with Gasteiger partial charge in [0.05, 0.1) is 31.5 Å². The Bertz CT molecular complexity index is 285. The van der Waals surface area contributed by atoms with Crippen molar-refractivity contribution in [2.75, 3.05) is 13.2 Å². The van der Waals surface area contributed by atoms with E-state index < -0.39 is 18.5 Å². The fraction of sp³-hybridized carbons (Fsp3) is 1.00. The summed E-state index contributed by atoms with van der Waals surface area (Å²) < 4.78 is 17.1. The third-order valence-corrected chi connectivity index (χ3v) is 4.26. The van der Waals surface area contributed by atoms with E-state index in [1.165, 1.54) is 0 Å². The lowest BCUT2D eigenvalue weighted by Gasteiger charge is -2.41. The van der Waals surface area contributed by atoms with E-state index in [0.29, 0.717) is 19.6 Å². The van der Waals surface area contributed by atoms with Gasteiger partial charge in [0.2, 0.25) is 0 Å². The largest absolute Gasteiger partial charge is 0.393 e. The van der Waals surface area contributed by atoms with E-state index in [9.17, 15) is 10.2 Å². The van der Waals surface area contributed by atoms with Gasteiger partial charge in [0, 0.05) is 18.3 Å². The van der Waals surface area contributed by atoms with Crippen molar-refractivity contribution in [3.63, 3.8) is 0 Å². The van der Waals surface area contributed by atoms with Crippen molar-refractivity contribution in [2.24, 2.45) is 11.8 Å². The van der Waals surface area contributed by atoms with Crippen molar-refractivity contribution in [1.82, 2.24) is 0 Å². The molecule has 2 rings (SSSR count). The molecule has 0 aromatic carbocycles. The molecule has 0 aliphatic carbocycles. The quantitative estimate of drug-likeness (QED) is 0.801. The first-order valence-electron chi connectivity index (χ1n) is 7.27. The molecule has 7 unspecified atom stereocenters. The molecule has 2 aliphatic heterocycles. The van der Waals surface area contributed by atoms with Crippen LogP contribution >= 0.6 is 0 Å². The SMILES string of the molecule is CCC1CC(O)C(C)C(OC2COCC(C)C2O)O1. The molecule has 2 N–H and O–H groups in total. The van der Waals surface area contributed by atoms with Gasteiger partial charge in [-0.15, -0.1) is 0 Å². The molecule has 0 spiro atoms. The Kier molecular flexibility index (Phi) is 5.20. The average molecular weight is 274 g/mol. The van der Waals surface area contributed by atoms with Gasteiger partial charge < -0.3 is 24.4 Å². The lowest BCUT2D eigenvalue weighted by Crippen LogP contribution is -2.51. The van der Waals surface area contributed by atoms with Gasteiger partial charge in [-0.3, -0.25) is 0 Å². The highest BCUT2D eigenvalue weighted by molar-refractivity contribution is 4.83. The fourth-order valence-corrected chi connectivity index (χ4v) is 2.68. The fourth-order valence-electron chi connectivity index (χ4n) is 2.68. The summed E-state index contributed by atoms with van der Waals surface area (Å²) in [5.41, 5.74) is 0. The predicted molar refractivity (Wildman–Crippen MR) is 69.6 cm³/mol. The van der Waals surface area contributed by atoms with Crippen LogP contribution in [-0.4, -0.2) is 54.1 Å². The maximum absolute atomic E-state index is 10.1. The van der Waals surface area contributed by atoms with Gasteiger partial charge in [0.1, 0.15) is 6.10 Å². The minimum Gasteiger partial charge on any atom is -0.393 e. The van der Waals surface area contributed by atoms with Crippen molar-refractivity contribution in [1.29, 1.82) is 0 Å². The number of aliphatic hydroxyl groups is 2. The van der Waals surface area contributed by atoms with E-state index in [-0.39, 0.29) is 24.0 Å². The molecule has 19 heavy (non-hydrogen) atoms. The van der Waals surface area contributed by atoms with Crippen LogP contribution in [0.25, 0.3) is 0 Å². The second kappa shape index (κ2) is 6.50. The summed E-state index contributed by atoms with van der Waals surface area (Å²) in [6, 6.07) is 0. The molecule has 0 saturated carbocycles. The molecule has 2 heterocycles. The molecule has 5 nitrogen and oxygen atoms in total. The second-order valence-electron chi connectivity index (χ2n) is 5.88. The summed E-state index contributed by atoms with van der Waals surface area (Å²) >= 11 is 0. The van der Waals surface area contributed by atoms with Gasteiger partial charge in [0.25, 0.3) is 0 Å². The number of hydrogen-bond acceptors (Lipinski definition) is 5.